The van der Waals surface area contributed by atoms with Crippen molar-refractivity contribution in [1.82, 2.24) is 0 Å². The zero-order valence-corrected chi connectivity index (χ0v) is 20.6. The van der Waals surface area contributed by atoms with Gasteiger partial charge < -0.3 is 14.9 Å². The fraction of sp³-hybridized carbons (Fsp3) is 0.741. The molecular weight excluding hydrogens is 439 g/mol. The molecule has 0 aromatic heterocycles. The Morgan fingerprint density at radius 2 is 1.97 bits per heavy atom. The summed E-state index contributed by atoms with van der Waals surface area (Å²) in [6, 6.07) is 0. The molecule has 0 heterocycles. The molecule has 0 spiro atoms. The molecule has 8 atom stereocenters. The summed E-state index contributed by atoms with van der Waals surface area (Å²) in [6.45, 7) is 6.82. The lowest BCUT2D eigenvalue weighted by atomic mass is 9.45. The van der Waals surface area contributed by atoms with E-state index >= 15 is 4.39 Å². The van der Waals surface area contributed by atoms with Crippen LogP contribution in [-0.4, -0.2) is 51.7 Å². The number of carbonyl (C=O) groups excluding carboxylic acids is 3. The number of unbranched alkanes of at least 4 members (excludes halogenated alkanes) is 1. The maximum atomic E-state index is 17.1. The lowest BCUT2D eigenvalue weighted by Crippen LogP contribution is -2.69. The van der Waals surface area contributed by atoms with E-state index in [0.717, 1.165) is 6.42 Å². The Labute approximate surface area is 200 Å². The Kier molecular flexibility index (Phi) is 6.21. The molecule has 0 radical (unpaired) electrons. The van der Waals surface area contributed by atoms with Gasteiger partial charge in [-0.15, -0.1) is 0 Å². The van der Waals surface area contributed by atoms with Gasteiger partial charge in [-0.05, 0) is 63.0 Å². The number of aliphatic hydroxyl groups excluding tert-OH is 1. The summed E-state index contributed by atoms with van der Waals surface area (Å²) < 4.78 is 22.4. The van der Waals surface area contributed by atoms with E-state index in [0.29, 0.717) is 37.7 Å². The third-order valence-corrected chi connectivity index (χ3v) is 9.71. The maximum Gasteiger partial charge on any atom is 0.339 e. The molecule has 7 heteroatoms. The third-order valence-electron chi connectivity index (χ3n) is 9.71. The molecule has 0 unspecified atom stereocenters. The molecule has 2 N–H and O–H groups in total. The molecule has 0 bridgehead atoms. The maximum absolute atomic E-state index is 17.1. The van der Waals surface area contributed by atoms with E-state index < -0.39 is 52.6 Å². The van der Waals surface area contributed by atoms with Crippen LogP contribution >= 0.6 is 0 Å². The topological polar surface area (TPSA) is 101 Å². The van der Waals surface area contributed by atoms with Crippen LogP contribution in [0.25, 0.3) is 0 Å². The number of carbonyl (C=O) groups is 3. The third kappa shape index (κ3) is 3.22. The van der Waals surface area contributed by atoms with Crippen LogP contribution in [0.5, 0.6) is 0 Å². The molecule has 6 nitrogen and oxygen atoms in total. The first-order valence-electron chi connectivity index (χ1n) is 12.6. The van der Waals surface area contributed by atoms with Crippen molar-refractivity contribution in [2.75, 3.05) is 6.61 Å². The lowest BCUT2D eigenvalue weighted by Gasteiger charge is -2.62. The van der Waals surface area contributed by atoms with Gasteiger partial charge in [0.2, 0.25) is 0 Å². The highest BCUT2D eigenvalue weighted by molar-refractivity contribution is 6.01. The number of alkyl halides is 1. The molecule has 188 valence electrons. The second-order valence-electron chi connectivity index (χ2n) is 11.4. The molecule has 4 rings (SSSR count). The molecule has 0 saturated heterocycles. The molecule has 4 aliphatic rings. The van der Waals surface area contributed by atoms with Crippen LogP contribution in [-0.2, 0) is 19.1 Å². The number of Topliss-reactive ketones (excluding diaryl/α,β-unsaturated/α-hetero) is 1. The normalized spacial score (nSPS) is 45.1. The van der Waals surface area contributed by atoms with Crippen LogP contribution in [0.2, 0.25) is 0 Å². The van der Waals surface area contributed by atoms with Crippen LogP contribution < -0.4 is 0 Å². The summed E-state index contributed by atoms with van der Waals surface area (Å²) in [5.41, 5.74) is -5.50. The lowest BCUT2D eigenvalue weighted by molar-refractivity contribution is -0.227. The predicted molar refractivity (Wildman–Crippen MR) is 123 cm³/mol. The summed E-state index contributed by atoms with van der Waals surface area (Å²) in [6.07, 6.45) is 6.10. The van der Waals surface area contributed by atoms with E-state index in [1.54, 1.807) is 26.8 Å². The van der Waals surface area contributed by atoms with E-state index in [4.69, 9.17) is 4.74 Å². The number of fused-ring (bicyclic) bond motifs is 5. The van der Waals surface area contributed by atoms with E-state index in [-0.39, 0.29) is 23.9 Å². The molecule has 0 amide bonds. The number of aliphatic hydroxyl groups is 2. The summed E-state index contributed by atoms with van der Waals surface area (Å²) >= 11 is 0. The van der Waals surface area contributed by atoms with Crippen molar-refractivity contribution in [3.8, 4) is 0 Å². The van der Waals surface area contributed by atoms with E-state index in [2.05, 4.69) is 0 Å². The molecule has 0 aromatic carbocycles. The van der Waals surface area contributed by atoms with Gasteiger partial charge in [0.25, 0.3) is 0 Å². The highest BCUT2D eigenvalue weighted by atomic mass is 19.1. The minimum absolute atomic E-state index is 0.116. The van der Waals surface area contributed by atoms with Crippen molar-refractivity contribution in [3.05, 3.63) is 23.8 Å². The van der Waals surface area contributed by atoms with Crippen LogP contribution in [0.3, 0.4) is 0 Å². The van der Waals surface area contributed by atoms with Gasteiger partial charge in [0.1, 0.15) is 6.61 Å². The number of ether oxygens (including phenoxy) is 1. The first-order valence-corrected chi connectivity index (χ1v) is 12.6. The van der Waals surface area contributed by atoms with Crippen LogP contribution in [0.15, 0.2) is 23.8 Å². The number of ketones is 2. The predicted octanol–water partition coefficient (Wildman–Crippen LogP) is 3.64. The van der Waals surface area contributed by atoms with Gasteiger partial charge in [0, 0.05) is 23.2 Å². The van der Waals surface area contributed by atoms with Crippen molar-refractivity contribution < 1.29 is 33.7 Å². The van der Waals surface area contributed by atoms with Gasteiger partial charge in [-0.1, -0.05) is 38.8 Å². The molecule has 0 aromatic rings. The van der Waals surface area contributed by atoms with E-state index in [9.17, 15) is 24.6 Å². The smallest absolute Gasteiger partial charge is 0.339 e. The Hall–Kier alpha value is -1.86. The van der Waals surface area contributed by atoms with Crippen molar-refractivity contribution in [3.63, 3.8) is 0 Å². The second-order valence-corrected chi connectivity index (χ2v) is 11.4. The summed E-state index contributed by atoms with van der Waals surface area (Å²) in [5.74, 6) is -2.73. The number of rotatable bonds is 6. The first-order chi connectivity index (χ1) is 15.9. The number of esters is 1. The molecule has 0 aliphatic heterocycles. The number of halogens is 1. The Bertz CT molecular complexity index is 957. The average Bonchev–Trinajstić information content (AvgIpc) is 2.99. The van der Waals surface area contributed by atoms with Gasteiger partial charge in [0.05, 0.1) is 6.10 Å². The van der Waals surface area contributed by atoms with Gasteiger partial charge in [-0.25, -0.2) is 9.18 Å². The standard InChI is InChI=1S/C27H37FO6/c1-5-6-7-19(30)15-34-23(32)27(33)16(2)12-21-20-9-8-17-13-18(29)10-11-24(17,3)26(20,28)22(31)14-25(21,27)4/h10-11,13,16,20-22,31,33H,5-9,12,14-15H2,1-4H3/t16-,20+,21+,22+,24+,25+,26+,27+/m1/s1. The quantitative estimate of drug-likeness (QED) is 0.568. The summed E-state index contributed by atoms with van der Waals surface area (Å²) in [7, 11) is 0. The van der Waals surface area contributed by atoms with Gasteiger partial charge >= 0.3 is 5.97 Å². The summed E-state index contributed by atoms with van der Waals surface area (Å²) in [4.78, 5) is 37.2. The van der Waals surface area contributed by atoms with Crippen molar-refractivity contribution >= 4 is 17.5 Å². The highest BCUT2D eigenvalue weighted by Crippen LogP contribution is 2.70. The zero-order chi connectivity index (χ0) is 25.1. The monoisotopic (exact) mass is 476 g/mol. The van der Waals surface area contributed by atoms with Gasteiger partial charge in [0.15, 0.2) is 22.8 Å². The van der Waals surface area contributed by atoms with Crippen LogP contribution in [0.4, 0.5) is 4.39 Å². The zero-order valence-electron chi connectivity index (χ0n) is 20.6. The second kappa shape index (κ2) is 8.37. The molecule has 3 fully saturated rings. The van der Waals surface area contributed by atoms with Gasteiger partial charge in [-0.2, -0.15) is 0 Å². The van der Waals surface area contributed by atoms with E-state index in [1.807, 2.05) is 6.92 Å². The Balaban J connectivity index is 1.65. The largest absolute Gasteiger partial charge is 0.456 e. The molecule has 34 heavy (non-hydrogen) atoms. The molecule has 4 aliphatic carbocycles. The van der Waals surface area contributed by atoms with Gasteiger partial charge in [-0.3, -0.25) is 9.59 Å². The Morgan fingerprint density at radius 3 is 2.65 bits per heavy atom. The van der Waals surface area contributed by atoms with E-state index in [1.165, 1.54) is 12.2 Å². The van der Waals surface area contributed by atoms with Crippen LogP contribution in [0.1, 0.15) is 72.6 Å². The minimum Gasteiger partial charge on any atom is -0.456 e. The number of allylic oxidation sites excluding steroid dienone is 4. The Morgan fingerprint density at radius 1 is 1.26 bits per heavy atom. The SMILES string of the molecule is CCCCC(=O)COC(=O)[C@@]1(O)[C@H](C)C[C@H]2[C@@H]3CCC4=CC(=O)C=C[C@]4(C)[C@@]3(F)[C@@H](O)C[C@@]21C. The fourth-order valence-corrected chi connectivity index (χ4v) is 7.68. The van der Waals surface area contributed by atoms with Crippen molar-refractivity contribution in [2.24, 2.45) is 28.6 Å². The summed E-state index contributed by atoms with van der Waals surface area (Å²) in [5, 5.41) is 23.1. The first kappa shape index (κ1) is 25.2. The highest BCUT2D eigenvalue weighted by Gasteiger charge is 2.76. The molecule has 3 saturated carbocycles. The van der Waals surface area contributed by atoms with Crippen molar-refractivity contribution in [1.29, 1.82) is 0 Å². The number of hydrogen-bond donors (Lipinski definition) is 2. The van der Waals surface area contributed by atoms with Crippen molar-refractivity contribution in [2.45, 2.75) is 90.0 Å². The van der Waals surface area contributed by atoms with Crippen LogP contribution in [0, 0.1) is 28.6 Å². The fourth-order valence-electron chi connectivity index (χ4n) is 7.68. The number of hydrogen-bond acceptors (Lipinski definition) is 6. The molecular formula is C27H37FO6. The average molecular weight is 477 g/mol. The minimum atomic E-state index is -2.02.